The maximum absolute atomic E-state index is 5.49. The number of aryl methyl sites for hydroxylation is 2. The maximum Gasteiger partial charge on any atom is 0.0485 e. The van der Waals surface area contributed by atoms with Crippen LogP contribution < -0.4 is 5.32 Å². The number of halogens is 1. The van der Waals surface area contributed by atoms with Gasteiger partial charge >= 0.3 is 0 Å². The van der Waals surface area contributed by atoms with E-state index in [0.717, 1.165) is 30.5 Å². The molecule has 1 aliphatic heterocycles. The lowest BCUT2D eigenvalue weighted by atomic mass is 10.1. The quantitative estimate of drug-likeness (QED) is 0.889. The summed E-state index contributed by atoms with van der Waals surface area (Å²) in [6.45, 7) is 6.11. The van der Waals surface area contributed by atoms with Crippen LogP contribution in [0.15, 0.2) is 16.6 Å². The largest absolute Gasteiger partial charge is 0.382 e. The molecule has 1 aromatic carbocycles. The zero-order valence-electron chi connectivity index (χ0n) is 10.6. The Morgan fingerprint density at radius 3 is 2.59 bits per heavy atom. The van der Waals surface area contributed by atoms with Crippen LogP contribution >= 0.6 is 15.9 Å². The van der Waals surface area contributed by atoms with Gasteiger partial charge in [0.25, 0.3) is 0 Å². The van der Waals surface area contributed by atoms with Gasteiger partial charge in [0.2, 0.25) is 0 Å². The Morgan fingerprint density at radius 2 is 1.88 bits per heavy atom. The summed E-state index contributed by atoms with van der Waals surface area (Å²) in [4.78, 5) is 0. The number of ether oxygens (including phenoxy) is 1. The van der Waals surface area contributed by atoms with Gasteiger partial charge in [-0.15, -0.1) is 0 Å². The molecule has 0 radical (unpaired) electrons. The van der Waals surface area contributed by atoms with Crippen molar-refractivity contribution in [2.24, 2.45) is 0 Å². The molecule has 1 aliphatic rings. The van der Waals surface area contributed by atoms with Crippen molar-refractivity contribution in [1.29, 1.82) is 0 Å². The SMILES string of the molecule is Cc1cc(Br)cc(C)c1NC1CCCOCC1. The van der Waals surface area contributed by atoms with Crippen molar-refractivity contribution in [1.82, 2.24) is 0 Å². The first-order valence-corrected chi connectivity index (χ1v) is 7.07. The molecule has 1 N–H and O–H groups in total. The molecule has 0 spiro atoms. The van der Waals surface area contributed by atoms with Gasteiger partial charge in [0.05, 0.1) is 0 Å². The van der Waals surface area contributed by atoms with Gasteiger partial charge in [-0.1, -0.05) is 15.9 Å². The molecule has 0 bridgehead atoms. The molecule has 1 atom stereocenters. The normalized spacial score (nSPS) is 21.0. The van der Waals surface area contributed by atoms with E-state index >= 15 is 0 Å². The Hall–Kier alpha value is -0.540. The molecule has 0 aromatic heterocycles. The highest BCUT2D eigenvalue weighted by Crippen LogP contribution is 2.27. The average molecular weight is 298 g/mol. The van der Waals surface area contributed by atoms with E-state index < -0.39 is 0 Å². The number of hydrogen-bond acceptors (Lipinski definition) is 2. The van der Waals surface area contributed by atoms with Crippen LogP contribution in [0, 0.1) is 13.8 Å². The number of benzene rings is 1. The van der Waals surface area contributed by atoms with Crippen LogP contribution in [0.1, 0.15) is 30.4 Å². The first kappa shape index (κ1) is 12.9. The molecular formula is C14H20BrNO. The van der Waals surface area contributed by atoms with E-state index in [9.17, 15) is 0 Å². The molecule has 3 heteroatoms. The molecule has 0 saturated carbocycles. The number of rotatable bonds is 2. The van der Waals surface area contributed by atoms with Gasteiger partial charge in [0.15, 0.2) is 0 Å². The van der Waals surface area contributed by atoms with E-state index in [0.29, 0.717) is 6.04 Å². The molecule has 1 fully saturated rings. The van der Waals surface area contributed by atoms with Gasteiger partial charge in [-0.05, 0) is 56.4 Å². The minimum Gasteiger partial charge on any atom is -0.382 e. The summed E-state index contributed by atoms with van der Waals surface area (Å²) in [7, 11) is 0. The molecular weight excluding hydrogens is 278 g/mol. The minimum atomic E-state index is 0.552. The molecule has 94 valence electrons. The van der Waals surface area contributed by atoms with Crippen LogP contribution in [0.4, 0.5) is 5.69 Å². The van der Waals surface area contributed by atoms with Gasteiger partial charge in [-0.2, -0.15) is 0 Å². The van der Waals surface area contributed by atoms with Gasteiger partial charge in [-0.25, -0.2) is 0 Å². The van der Waals surface area contributed by atoms with Gasteiger partial charge < -0.3 is 10.1 Å². The topological polar surface area (TPSA) is 21.3 Å². The standard InChI is InChI=1S/C14H20BrNO/c1-10-8-12(15)9-11(2)14(10)16-13-4-3-6-17-7-5-13/h8-9,13,16H,3-7H2,1-2H3. The molecule has 0 amide bonds. The summed E-state index contributed by atoms with van der Waals surface area (Å²) in [5.74, 6) is 0. The molecule has 17 heavy (non-hydrogen) atoms. The first-order valence-electron chi connectivity index (χ1n) is 6.28. The van der Waals surface area contributed by atoms with Crippen molar-refractivity contribution in [3.05, 3.63) is 27.7 Å². The molecule has 0 aliphatic carbocycles. The number of nitrogens with one attached hydrogen (secondary N) is 1. The monoisotopic (exact) mass is 297 g/mol. The molecule has 1 saturated heterocycles. The second kappa shape index (κ2) is 5.87. The van der Waals surface area contributed by atoms with Crippen molar-refractivity contribution in [2.45, 2.75) is 39.2 Å². The second-order valence-corrected chi connectivity index (χ2v) is 5.71. The Morgan fingerprint density at radius 1 is 1.18 bits per heavy atom. The van der Waals surface area contributed by atoms with Crippen molar-refractivity contribution in [2.75, 3.05) is 18.5 Å². The third-order valence-electron chi connectivity index (χ3n) is 3.30. The molecule has 1 aromatic rings. The van der Waals surface area contributed by atoms with E-state index in [4.69, 9.17) is 4.74 Å². The van der Waals surface area contributed by atoms with Crippen molar-refractivity contribution >= 4 is 21.6 Å². The Bertz CT molecular complexity index is 361. The van der Waals surface area contributed by atoms with Gasteiger partial charge in [-0.3, -0.25) is 0 Å². The van der Waals surface area contributed by atoms with E-state index in [1.54, 1.807) is 0 Å². The maximum atomic E-state index is 5.49. The van der Waals surface area contributed by atoms with Crippen LogP contribution in [-0.4, -0.2) is 19.3 Å². The van der Waals surface area contributed by atoms with Crippen molar-refractivity contribution < 1.29 is 4.74 Å². The summed E-state index contributed by atoms with van der Waals surface area (Å²) in [6.07, 6.45) is 3.47. The van der Waals surface area contributed by atoms with Crippen molar-refractivity contribution in [3.8, 4) is 0 Å². The smallest absolute Gasteiger partial charge is 0.0485 e. The fourth-order valence-corrected chi connectivity index (χ4v) is 3.08. The number of anilines is 1. The average Bonchev–Trinajstić information content (AvgIpc) is 2.51. The highest BCUT2D eigenvalue weighted by atomic mass is 79.9. The molecule has 1 unspecified atom stereocenters. The predicted octanol–water partition coefficient (Wildman–Crippen LogP) is 4.05. The minimum absolute atomic E-state index is 0.552. The highest BCUT2D eigenvalue weighted by molar-refractivity contribution is 9.10. The zero-order chi connectivity index (χ0) is 12.3. The fraction of sp³-hybridized carbons (Fsp3) is 0.571. The summed E-state index contributed by atoms with van der Waals surface area (Å²) in [5, 5.41) is 3.68. The Labute approximate surface area is 112 Å². The van der Waals surface area contributed by atoms with Crippen LogP contribution in [0.3, 0.4) is 0 Å². The summed E-state index contributed by atoms with van der Waals surface area (Å²) in [5.41, 5.74) is 3.91. The Kier molecular flexibility index (Phi) is 4.46. The zero-order valence-corrected chi connectivity index (χ0v) is 12.1. The Balaban J connectivity index is 2.11. The van der Waals surface area contributed by atoms with Crippen molar-refractivity contribution in [3.63, 3.8) is 0 Å². The van der Waals surface area contributed by atoms with Crippen LogP contribution in [0.2, 0.25) is 0 Å². The predicted molar refractivity (Wildman–Crippen MR) is 75.7 cm³/mol. The summed E-state index contributed by atoms with van der Waals surface area (Å²) < 4.78 is 6.65. The number of hydrogen-bond donors (Lipinski definition) is 1. The first-order chi connectivity index (χ1) is 8.16. The third-order valence-corrected chi connectivity index (χ3v) is 3.76. The van der Waals surface area contributed by atoms with Crippen LogP contribution in [0.5, 0.6) is 0 Å². The van der Waals surface area contributed by atoms with Crippen LogP contribution in [-0.2, 0) is 4.74 Å². The van der Waals surface area contributed by atoms with Crippen LogP contribution in [0.25, 0.3) is 0 Å². The van der Waals surface area contributed by atoms with Gasteiger partial charge in [0, 0.05) is 29.4 Å². The summed E-state index contributed by atoms with van der Waals surface area (Å²) in [6, 6.07) is 4.89. The molecule has 2 rings (SSSR count). The van der Waals surface area contributed by atoms with E-state index in [-0.39, 0.29) is 0 Å². The lowest BCUT2D eigenvalue weighted by Gasteiger charge is -2.21. The van der Waals surface area contributed by atoms with Gasteiger partial charge in [0.1, 0.15) is 0 Å². The van der Waals surface area contributed by atoms with E-state index in [1.807, 2.05) is 0 Å². The summed E-state index contributed by atoms with van der Waals surface area (Å²) >= 11 is 3.54. The highest BCUT2D eigenvalue weighted by Gasteiger charge is 2.14. The van der Waals surface area contributed by atoms with E-state index in [1.165, 1.54) is 23.2 Å². The lowest BCUT2D eigenvalue weighted by molar-refractivity contribution is 0.144. The lowest BCUT2D eigenvalue weighted by Crippen LogP contribution is -2.20. The molecule has 1 heterocycles. The third kappa shape index (κ3) is 3.46. The second-order valence-electron chi connectivity index (χ2n) is 4.80. The molecule has 2 nitrogen and oxygen atoms in total. The fourth-order valence-electron chi connectivity index (χ4n) is 2.39. The van der Waals surface area contributed by atoms with E-state index in [2.05, 4.69) is 47.2 Å².